The van der Waals surface area contributed by atoms with Gasteiger partial charge in [-0.3, -0.25) is 20.2 Å². The lowest BCUT2D eigenvalue weighted by Crippen LogP contribution is -2.28. The molecule has 2 N–H and O–H groups in total. The van der Waals surface area contributed by atoms with E-state index in [1.807, 2.05) is 59.3 Å². The molecule has 0 saturated carbocycles. The van der Waals surface area contributed by atoms with Crippen LogP contribution in [-0.2, 0) is 9.59 Å². The monoisotopic (exact) mass is 562 g/mol. The van der Waals surface area contributed by atoms with E-state index in [-0.39, 0.29) is 0 Å². The minimum absolute atomic E-state index is 0.346. The average Bonchev–Trinajstić information content (AvgIpc) is 3.38. The maximum atomic E-state index is 12.2. The van der Waals surface area contributed by atoms with E-state index in [1.54, 1.807) is 0 Å². The number of hydrogen-bond donors (Lipinski definition) is 2. The van der Waals surface area contributed by atoms with Gasteiger partial charge in [0.1, 0.15) is 0 Å². The Labute approximate surface area is 196 Å². The molecule has 150 valence electrons. The van der Waals surface area contributed by atoms with Gasteiger partial charge in [-0.15, -0.1) is 22.7 Å². The van der Waals surface area contributed by atoms with Crippen molar-refractivity contribution in [2.45, 2.75) is 0 Å². The SMILES string of the molecule is O=C(Nc1nc(-c2cccc(Br)c2)cs1)C(=O)Nc1nc(-c2cccc(Br)c2)cs1. The van der Waals surface area contributed by atoms with Crippen molar-refractivity contribution in [1.82, 2.24) is 9.97 Å². The van der Waals surface area contributed by atoms with Crippen molar-refractivity contribution in [3.8, 4) is 22.5 Å². The van der Waals surface area contributed by atoms with Gasteiger partial charge in [-0.1, -0.05) is 56.1 Å². The van der Waals surface area contributed by atoms with Crippen LogP contribution >= 0.6 is 54.5 Å². The Morgan fingerprint density at radius 2 is 1.17 bits per heavy atom. The number of benzene rings is 2. The molecule has 0 aliphatic heterocycles. The molecule has 0 atom stereocenters. The van der Waals surface area contributed by atoms with E-state index in [0.717, 1.165) is 31.5 Å². The molecule has 0 aliphatic rings. The molecule has 4 rings (SSSR count). The molecule has 2 aromatic carbocycles. The smallest absolute Gasteiger partial charge is 0.294 e. The second-order valence-corrected chi connectivity index (χ2v) is 9.55. The van der Waals surface area contributed by atoms with Gasteiger partial charge in [0.2, 0.25) is 0 Å². The van der Waals surface area contributed by atoms with Gasteiger partial charge in [0.15, 0.2) is 10.3 Å². The molecule has 2 heterocycles. The van der Waals surface area contributed by atoms with Crippen molar-refractivity contribution in [2.24, 2.45) is 0 Å². The molecule has 2 aromatic heterocycles. The van der Waals surface area contributed by atoms with Crippen LogP contribution in [0.4, 0.5) is 10.3 Å². The van der Waals surface area contributed by atoms with Crippen LogP contribution in [0.1, 0.15) is 0 Å². The van der Waals surface area contributed by atoms with Crippen LogP contribution in [0.2, 0.25) is 0 Å². The minimum atomic E-state index is -0.802. The lowest BCUT2D eigenvalue weighted by atomic mass is 10.2. The summed E-state index contributed by atoms with van der Waals surface area (Å²) in [6.07, 6.45) is 0. The lowest BCUT2D eigenvalue weighted by molar-refractivity contribution is -0.132. The Morgan fingerprint density at radius 3 is 1.57 bits per heavy atom. The fourth-order valence-corrected chi connectivity index (χ4v) is 4.76. The van der Waals surface area contributed by atoms with Crippen LogP contribution in [-0.4, -0.2) is 21.8 Å². The first kappa shape index (κ1) is 20.9. The van der Waals surface area contributed by atoms with E-state index in [1.165, 1.54) is 22.7 Å². The van der Waals surface area contributed by atoms with Gasteiger partial charge in [0.25, 0.3) is 0 Å². The van der Waals surface area contributed by atoms with Crippen LogP contribution in [0.25, 0.3) is 22.5 Å². The molecule has 0 spiro atoms. The first-order valence-corrected chi connectivity index (χ1v) is 11.9. The number of aromatic nitrogens is 2. The number of anilines is 2. The van der Waals surface area contributed by atoms with E-state index >= 15 is 0 Å². The highest BCUT2D eigenvalue weighted by molar-refractivity contribution is 9.10. The van der Waals surface area contributed by atoms with Crippen LogP contribution in [0.15, 0.2) is 68.2 Å². The van der Waals surface area contributed by atoms with E-state index in [0.29, 0.717) is 10.3 Å². The van der Waals surface area contributed by atoms with E-state index in [4.69, 9.17) is 0 Å². The van der Waals surface area contributed by atoms with Crippen molar-refractivity contribution in [2.75, 3.05) is 10.6 Å². The Morgan fingerprint density at radius 1 is 0.733 bits per heavy atom. The van der Waals surface area contributed by atoms with Gasteiger partial charge in [0.05, 0.1) is 11.4 Å². The predicted molar refractivity (Wildman–Crippen MR) is 128 cm³/mol. The van der Waals surface area contributed by atoms with Crippen LogP contribution in [0.3, 0.4) is 0 Å². The molecule has 30 heavy (non-hydrogen) atoms. The molecule has 4 aromatic rings. The summed E-state index contributed by atoms with van der Waals surface area (Å²) < 4.78 is 1.87. The number of hydrogen-bond acceptors (Lipinski definition) is 6. The molecular weight excluding hydrogens is 552 g/mol. The van der Waals surface area contributed by atoms with E-state index in [2.05, 4.69) is 52.5 Å². The Balaban J connectivity index is 1.40. The van der Waals surface area contributed by atoms with Crippen molar-refractivity contribution >= 4 is 76.6 Å². The summed E-state index contributed by atoms with van der Waals surface area (Å²) in [5.74, 6) is -1.60. The minimum Gasteiger partial charge on any atom is -0.294 e. The van der Waals surface area contributed by atoms with Crippen LogP contribution in [0.5, 0.6) is 0 Å². The highest BCUT2D eigenvalue weighted by Gasteiger charge is 2.18. The molecular formula is C20H12Br2N4O2S2. The second-order valence-electron chi connectivity index (χ2n) is 6.00. The quantitative estimate of drug-likeness (QED) is 0.297. The zero-order valence-corrected chi connectivity index (χ0v) is 19.9. The third kappa shape index (κ3) is 5.01. The number of amides is 2. The molecule has 0 aliphatic carbocycles. The average molecular weight is 564 g/mol. The first-order chi connectivity index (χ1) is 14.5. The molecule has 0 bridgehead atoms. The predicted octanol–water partition coefficient (Wildman–Crippen LogP) is 6.04. The Kier molecular flexibility index (Phi) is 6.38. The molecule has 6 nitrogen and oxygen atoms in total. The molecule has 0 unspecified atom stereocenters. The summed E-state index contributed by atoms with van der Waals surface area (Å²) in [7, 11) is 0. The largest absolute Gasteiger partial charge is 0.315 e. The van der Waals surface area contributed by atoms with Crippen molar-refractivity contribution in [3.63, 3.8) is 0 Å². The third-order valence-corrected chi connectivity index (χ3v) is 6.40. The molecule has 10 heteroatoms. The van der Waals surface area contributed by atoms with E-state index in [9.17, 15) is 9.59 Å². The fourth-order valence-electron chi connectivity index (χ4n) is 2.53. The van der Waals surface area contributed by atoms with Gasteiger partial charge < -0.3 is 0 Å². The molecule has 2 amide bonds. The van der Waals surface area contributed by atoms with E-state index < -0.39 is 11.8 Å². The number of carbonyl (C=O) groups excluding carboxylic acids is 2. The highest BCUT2D eigenvalue weighted by atomic mass is 79.9. The normalized spacial score (nSPS) is 10.6. The third-order valence-electron chi connectivity index (χ3n) is 3.90. The van der Waals surface area contributed by atoms with Crippen LogP contribution in [0, 0.1) is 0 Å². The fraction of sp³-hybridized carbons (Fsp3) is 0. The highest BCUT2D eigenvalue weighted by Crippen LogP contribution is 2.28. The number of nitrogens with one attached hydrogen (secondary N) is 2. The molecule has 0 fully saturated rings. The Hall–Kier alpha value is -2.40. The van der Waals surface area contributed by atoms with Crippen molar-refractivity contribution < 1.29 is 9.59 Å². The van der Waals surface area contributed by atoms with Gasteiger partial charge >= 0.3 is 11.8 Å². The summed E-state index contributed by atoms with van der Waals surface area (Å²) >= 11 is 9.34. The zero-order chi connectivity index (χ0) is 21.1. The topological polar surface area (TPSA) is 84.0 Å². The lowest BCUT2D eigenvalue weighted by Gasteiger charge is -2.02. The maximum Gasteiger partial charge on any atom is 0.315 e. The summed E-state index contributed by atoms with van der Waals surface area (Å²) in [6, 6.07) is 15.3. The van der Waals surface area contributed by atoms with Crippen LogP contribution < -0.4 is 10.6 Å². The number of thiazole rings is 2. The van der Waals surface area contributed by atoms with Crippen molar-refractivity contribution in [1.29, 1.82) is 0 Å². The maximum absolute atomic E-state index is 12.2. The van der Waals surface area contributed by atoms with Gasteiger partial charge in [0, 0.05) is 30.8 Å². The summed E-state index contributed by atoms with van der Waals surface area (Å²) in [5, 5.41) is 9.39. The summed E-state index contributed by atoms with van der Waals surface area (Å²) in [6.45, 7) is 0. The molecule has 0 saturated heterocycles. The number of carbonyl (C=O) groups is 2. The van der Waals surface area contributed by atoms with Crippen molar-refractivity contribution in [3.05, 3.63) is 68.2 Å². The first-order valence-electron chi connectivity index (χ1n) is 8.53. The molecule has 0 radical (unpaired) electrons. The number of rotatable bonds is 4. The zero-order valence-electron chi connectivity index (χ0n) is 15.1. The second kappa shape index (κ2) is 9.17. The summed E-state index contributed by atoms with van der Waals surface area (Å²) in [5.41, 5.74) is 3.26. The number of halogens is 2. The van der Waals surface area contributed by atoms with Gasteiger partial charge in [-0.05, 0) is 24.3 Å². The standard InChI is InChI=1S/C20H12Br2N4O2S2/c21-13-5-1-3-11(7-13)15-9-29-19(23-15)25-17(27)18(28)26-20-24-16(10-30-20)12-4-2-6-14(22)8-12/h1-10H,(H,23,25,27)(H,24,26,28). The van der Waals surface area contributed by atoms with Gasteiger partial charge in [-0.25, -0.2) is 9.97 Å². The Bertz CT molecular complexity index is 1140. The summed E-state index contributed by atoms with van der Waals surface area (Å²) in [4.78, 5) is 33.2. The van der Waals surface area contributed by atoms with Gasteiger partial charge in [-0.2, -0.15) is 0 Å². The number of nitrogens with zero attached hydrogens (tertiary/aromatic N) is 2.